The minimum Gasteiger partial charge on any atom is -0.454 e. The van der Waals surface area contributed by atoms with Crippen molar-refractivity contribution in [3.8, 4) is 0 Å². The summed E-state index contributed by atoms with van der Waals surface area (Å²) < 4.78 is 11.6. The van der Waals surface area contributed by atoms with Crippen LogP contribution in [0.5, 0.6) is 0 Å². The molecule has 3 heterocycles. The van der Waals surface area contributed by atoms with Gasteiger partial charge in [0.1, 0.15) is 16.7 Å². The summed E-state index contributed by atoms with van der Waals surface area (Å²) in [6, 6.07) is 13.6. The number of benzene rings is 2. The highest BCUT2D eigenvalue weighted by Gasteiger charge is 2.19. The van der Waals surface area contributed by atoms with Crippen LogP contribution in [0.15, 0.2) is 56.1 Å². The highest BCUT2D eigenvalue weighted by Crippen LogP contribution is 2.36. The molecular weight excluding hydrogens is 302 g/mol. The van der Waals surface area contributed by atoms with Crippen LogP contribution in [-0.2, 0) is 0 Å². The van der Waals surface area contributed by atoms with Gasteiger partial charge in [-0.3, -0.25) is 0 Å². The lowest BCUT2D eigenvalue weighted by Crippen LogP contribution is -2.03. The second-order valence-corrected chi connectivity index (χ2v) is 6.11. The molecule has 2 aromatic carbocycles. The van der Waals surface area contributed by atoms with Gasteiger partial charge in [-0.05, 0) is 37.6 Å². The van der Waals surface area contributed by atoms with Crippen molar-refractivity contribution in [2.75, 3.05) is 0 Å². The van der Waals surface area contributed by atoms with Gasteiger partial charge >= 0.3 is 5.63 Å². The van der Waals surface area contributed by atoms with Crippen molar-refractivity contribution in [3.63, 3.8) is 0 Å². The smallest absolute Gasteiger partial charge is 0.346 e. The first kappa shape index (κ1) is 13.3. The molecule has 0 atom stereocenters. The van der Waals surface area contributed by atoms with E-state index in [1.165, 1.54) is 0 Å². The van der Waals surface area contributed by atoms with E-state index < -0.39 is 0 Å². The maximum Gasteiger partial charge on any atom is 0.346 e. The molecule has 0 aliphatic carbocycles. The lowest BCUT2D eigenvalue weighted by Gasteiger charge is -2.06. The van der Waals surface area contributed by atoms with Gasteiger partial charge in [0.25, 0.3) is 0 Å². The zero-order valence-electron chi connectivity index (χ0n) is 13.2. The second kappa shape index (κ2) is 4.45. The second-order valence-electron chi connectivity index (χ2n) is 6.11. The van der Waals surface area contributed by atoms with Gasteiger partial charge in [-0.15, -0.1) is 0 Å². The van der Waals surface area contributed by atoms with Gasteiger partial charge in [0.05, 0.1) is 11.1 Å². The van der Waals surface area contributed by atoms with Gasteiger partial charge in [-0.25, -0.2) is 9.78 Å². The molecule has 116 valence electrons. The first-order valence-corrected chi connectivity index (χ1v) is 7.78. The molecule has 0 amide bonds. The Hall–Kier alpha value is -3.14. The third-order valence-electron chi connectivity index (χ3n) is 4.50. The van der Waals surface area contributed by atoms with Crippen LogP contribution in [0.2, 0.25) is 0 Å². The molecule has 4 nitrogen and oxygen atoms in total. The molecule has 0 unspecified atom stereocenters. The Morgan fingerprint density at radius 3 is 2.58 bits per heavy atom. The monoisotopic (exact) mass is 315 g/mol. The van der Waals surface area contributed by atoms with Crippen molar-refractivity contribution in [1.29, 1.82) is 0 Å². The Morgan fingerprint density at radius 1 is 0.875 bits per heavy atom. The van der Waals surface area contributed by atoms with E-state index in [-0.39, 0.29) is 5.63 Å². The third-order valence-corrected chi connectivity index (χ3v) is 4.50. The summed E-state index contributed by atoms with van der Waals surface area (Å²) in [4.78, 5) is 17.2. The molecule has 0 aliphatic rings. The van der Waals surface area contributed by atoms with E-state index in [0.717, 1.165) is 32.8 Å². The Kier molecular flexibility index (Phi) is 2.47. The molecule has 3 aromatic heterocycles. The number of fused-ring (bicyclic) bond motifs is 7. The Labute approximate surface area is 136 Å². The fourth-order valence-corrected chi connectivity index (χ4v) is 3.41. The van der Waals surface area contributed by atoms with Crippen LogP contribution in [0.1, 0.15) is 11.3 Å². The molecule has 5 aromatic rings. The van der Waals surface area contributed by atoms with E-state index in [1.54, 1.807) is 0 Å². The van der Waals surface area contributed by atoms with Crippen LogP contribution in [0.3, 0.4) is 0 Å². The predicted octanol–water partition coefficient (Wildman–Crippen LogP) is 4.86. The highest BCUT2D eigenvalue weighted by atomic mass is 16.4. The predicted molar refractivity (Wildman–Crippen MR) is 94.5 cm³/mol. The van der Waals surface area contributed by atoms with E-state index in [2.05, 4.69) is 4.98 Å². The normalized spacial score (nSPS) is 11.9. The summed E-state index contributed by atoms with van der Waals surface area (Å²) in [5, 5.41) is 3.08. The Balaban J connectivity index is 2.18. The summed E-state index contributed by atoms with van der Waals surface area (Å²) in [5.41, 5.74) is 4.06. The first-order chi connectivity index (χ1) is 11.6. The molecule has 0 bridgehead atoms. The van der Waals surface area contributed by atoms with Crippen molar-refractivity contribution >= 4 is 43.8 Å². The number of aryl methyl sites for hydroxylation is 2. The highest BCUT2D eigenvalue weighted by molar-refractivity contribution is 6.20. The van der Waals surface area contributed by atoms with Gasteiger partial charge in [-0.1, -0.05) is 24.3 Å². The van der Waals surface area contributed by atoms with Crippen molar-refractivity contribution in [3.05, 3.63) is 64.1 Å². The fraction of sp³-hybridized carbons (Fsp3) is 0.100. The van der Waals surface area contributed by atoms with Crippen LogP contribution in [0, 0.1) is 13.8 Å². The average Bonchev–Trinajstić information content (AvgIpc) is 2.92. The van der Waals surface area contributed by atoms with Crippen LogP contribution < -0.4 is 5.63 Å². The molecule has 0 fully saturated rings. The Bertz CT molecular complexity index is 1340. The molecule has 0 aliphatic heterocycles. The van der Waals surface area contributed by atoms with E-state index in [4.69, 9.17) is 8.83 Å². The van der Waals surface area contributed by atoms with Crippen LogP contribution in [0.4, 0.5) is 0 Å². The van der Waals surface area contributed by atoms with E-state index in [0.29, 0.717) is 22.2 Å². The number of hydrogen-bond donors (Lipinski definition) is 0. The fourth-order valence-electron chi connectivity index (χ4n) is 3.41. The summed E-state index contributed by atoms with van der Waals surface area (Å²) in [5.74, 6) is 0. The lowest BCUT2D eigenvalue weighted by molar-refractivity contribution is 0.568. The number of hydrogen-bond acceptors (Lipinski definition) is 4. The molecular formula is C20H13NO3. The number of rotatable bonds is 0. The molecule has 5 rings (SSSR count). The van der Waals surface area contributed by atoms with Gasteiger partial charge in [0.15, 0.2) is 5.58 Å². The molecule has 0 saturated heterocycles. The standard InChI is InChI=1S/C20H13NO3/c1-10-7-8-12-15(9-10)24-20(22)16-11(2)21-18-13-5-3-4-6-14(13)23-19(18)17(12)16/h3-9H,1-2H3. The lowest BCUT2D eigenvalue weighted by atomic mass is 10.0. The van der Waals surface area contributed by atoms with Crippen LogP contribution >= 0.6 is 0 Å². The first-order valence-electron chi connectivity index (χ1n) is 7.78. The molecule has 0 spiro atoms. The zero-order chi connectivity index (χ0) is 16.4. The maximum absolute atomic E-state index is 12.5. The Morgan fingerprint density at radius 2 is 1.71 bits per heavy atom. The molecule has 0 saturated carbocycles. The average molecular weight is 315 g/mol. The van der Waals surface area contributed by atoms with E-state index in [1.807, 2.05) is 56.3 Å². The molecule has 0 radical (unpaired) electrons. The topological polar surface area (TPSA) is 56.2 Å². The van der Waals surface area contributed by atoms with Crippen LogP contribution in [-0.4, -0.2) is 4.98 Å². The van der Waals surface area contributed by atoms with E-state index >= 15 is 0 Å². The summed E-state index contributed by atoms with van der Waals surface area (Å²) in [6.45, 7) is 3.80. The van der Waals surface area contributed by atoms with Crippen molar-refractivity contribution in [1.82, 2.24) is 4.98 Å². The molecule has 4 heteroatoms. The molecule has 24 heavy (non-hydrogen) atoms. The number of aromatic nitrogens is 1. The van der Waals surface area contributed by atoms with Crippen LogP contribution in [0.25, 0.3) is 43.8 Å². The molecule has 0 N–H and O–H groups in total. The van der Waals surface area contributed by atoms with Gasteiger partial charge in [-0.2, -0.15) is 0 Å². The largest absolute Gasteiger partial charge is 0.454 e. The SMILES string of the molecule is Cc1ccc2c(c1)oc(=O)c1c(C)nc3c4ccccc4oc3c12. The summed E-state index contributed by atoms with van der Waals surface area (Å²) >= 11 is 0. The summed E-state index contributed by atoms with van der Waals surface area (Å²) in [6.07, 6.45) is 0. The van der Waals surface area contributed by atoms with Gasteiger partial charge in [0, 0.05) is 16.2 Å². The van der Waals surface area contributed by atoms with Gasteiger partial charge < -0.3 is 8.83 Å². The minimum absolute atomic E-state index is 0.379. The number of furan rings is 1. The maximum atomic E-state index is 12.5. The van der Waals surface area contributed by atoms with Crippen molar-refractivity contribution < 1.29 is 8.83 Å². The minimum atomic E-state index is -0.379. The van der Waals surface area contributed by atoms with E-state index in [9.17, 15) is 4.79 Å². The van der Waals surface area contributed by atoms with Crippen molar-refractivity contribution in [2.45, 2.75) is 13.8 Å². The number of nitrogens with zero attached hydrogens (tertiary/aromatic N) is 1. The third kappa shape index (κ3) is 1.62. The quantitative estimate of drug-likeness (QED) is 0.302. The van der Waals surface area contributed by atoms with Gasteiger partial charge in [0.2, 0.25) is 0 Å². The summed E-state index contributed by atoms with van der Waals surface area (Å²) in [7, 11) is 0. The number of pyridine rings is 1. The van der Waals surface area contributed by atoms with Crippen molar-refractivity contribution in [2.24, 2.45) is 0 Å². The zero-order valence-corrected chi connectivity index (χ0v) is 13.2. The number of para-hydroxylation sites is 1.